The highest BCUT2D eigenvalue weighted by atomic mass is 14.6. The third-order valence-corrected chi connectivity index (χ3v) is 10.7. The molecule has 6 aromatic carbocycles. The summed E-state index contributed by atoms with van der Waals surface area (Å²) in [6, 6.07) is 32.3. The molecule has 0 bridgehead atoms. The molecular weight excluding hydrogens is 456 g/mol. The Morgan fingerprint density at radius 2 is 0.816 bits per heavy atom. The van der Waals surface area contributed by atoms with Crippen molar-refractivity contribution in [1.82, 2.24) is 0 Å². The Kier molecular flexibility index (Phi) is 3.10. The summed E-state index contributed by atoms with van der Waals surface area (Å²) in [7, 11) is 0. The monoisotopic (exact) mass is 480 g/mol. The summed E-state index contributed by atoms with van der Waals surface area (Å²) in [6.45, 7) is 5.04. The molecule has 0 aromatic heterocycles. The maximum absolute atomic E-state index is 2.52. The molecule has 4 aliphatic rings. The van der Waals surface area contributed by atoms with E-state index >= 15 is 0 Å². The van der Waals surface area contributed by atoms with E-state index in [0.29, 0.717) is 0 Å². The fraction of sp³-hybridized carbons (Fsp3) is 0.105. The third kappa shape index (κ3) is 1.84. The van der Waals surface area contributed by atoms with Crippen molar-refractivity contribution >= 4 is 65.4 Å². The van der Waals surface area contributed by atoms with Gasteiger partial charge in [0.25, 0.3) is 0 Å². The van der Waals surface area contributed by atoms with E-state index in [2.05, 4.69) is 123 Å². The van der Waals surface area contributed by atoms with Crippen LogP contribution in [0.5, 0.6) is 0 Å². The number of rotatable bonds is 0. The first-order chi connectivity index (χ1) is 18.6. The highest BCUT2D eigenvalue weighted by molar-refractivity contribution is 6.21. The van der Waals surface area contributed by atoms with E-state index in [1.165, 1.54) is 86.9 Å². The van der Waals surface area contributed by atoms with E-state index in [-0.39, 0.29) is 10.8 Å². The summed E-state index contributed by atoms with van der Waals surface area (Å²) < 4.78 is 0. The van der Waals surface area contributed by atoms with Crippen LogP contribution >= 0.6 is 0 Å². The van der Waals surface area contributed by atoms with Crippen LogP contribution in [0.15, 0.2) is 109 Å². The Labute approximate surface area is 220 Å². The normalized spacial score (nSPS) is 24.4. The van der Waals surface area contributed by atoms with Gasteiger partial charge in [0.05, 0.1) is 0 Å². The Hall–Kier alpha value is -4.42. The zero-order valence-corrected chi connectivity index (χ0v) is 21.4. The molecule has 0 fully saturated rings. The van der Waals surface area contributed by atoms with Crippen molar-refractivity contribution in [2.75, 3.05) is 0 Å². The van der Waals surface area contributed by atoms with Crippen LogP contribution in [0.4, 0.5) is 0 Å². The molecule has 4 aliphatic carbocycles. The Morgan fingerprint density at radius 3 is 1.24 bits per heavy atom. The van der Waals surface area contributed by atoms with E-state index in [1.54, 1.807) is 0 Å². The molecule has 0 nitrogen and oxygen atoms in total. The number of hydrogen-bond acceptors (Lipinski definition) is 0. The fourth-order valence-corrected chi connectivity index (χ4v) is 8.87. The van der Waals surface area contributed by atoms with Gasteiger partial charge in [-0.15, -0.1) is 0 Å². The molecule has 176 valence electrons. The highest BCUT2D eigenvalue weighted by Gasteiger charge is 2.58. The summed E-state index contributed by atoms with van der Waals surface area (Å²) >= 11 is 0. The van der Waals surface area contributed by atoms with Gasteiger partial charge in [0, 0.05) is 10.8 Å². The van der Waals surface area contributed by atoms with E-state index in [9.17, 15) is 0 Å². The van der Waals surface area contributed by atoms with Crippen LogP contribution < -0.4 is 10.4 Å². The zero-order chi connectivity index (χ0) is 25.0. The van der Waals surface area contributed by atoms with E-state index in [4.69, 9.17) is 0 Å². The lowest BCUT2D eigenvalue weighted by molar-refractivity contribution is 0.363. The molecule has 0 spiro atoms. The summed E-state index contributed by atoms with van der Waals surface area (Å²) in [5.74, 6) is 0. The lowest BCUT2D eigenvalue weighted by Gasteiger charge is -2.57. The van der Waals surface area contributed by atoms with E-state index < -0.39 is 0 Å². The van der Waals surface area contributed by atoms with Crippen LogP contribution in [0.2, 0.25) is 0 Å². The number of fused-ring (bicyclic) bond motifs is 2. The van der Waals surface area contributed by atoms with Gasteiger partial charge in [-0.25, -0.2) is 0 Å². The van der Waals surface area contributed by atoms with Crippen LogP contribution in [0, 0.1) is 10.8 Å². The van der Waals surface area contributed by atoms with Gasteiger partial charge >= 0.3 is 0 Å². The molecule has 0 heterocycles. The minimum Gasteiger partial charge on any atom is -0.0610 e. The molecule has 10 rings (SSSR count). The van der Waals surface area contributed by atoms with Gasteiger partial charge in [-0.3, -0.25) is 0 Å². The molecule has 0 saturated heterocycles. The van der Waals surface area contributed by atoms with Gasteiger partial charge in [-0.1, -0.05) is 123 Å². The standard InChI is InChI=1S/C38H24/c1-37-29-17-19-31-27-15-11-23-7-4-8-24-12-16-28(36(27)34(23)24)32(38(31,37)2)20-18-30(37)26-14-10-22-6-3-5-21-9-13-25(29)35(26)33(21)22/h3-20H,1-2H3. The van der Waals surface area contributed by atoms with Gasteiger partial charge in [-0.05, 0) is 86.9 Å². The van der Waals surface area contributed by atoms with Crippen LogP contribution in [-0.2, 0) is 0 Å². The van der Waals surface area contributed by atoms with E-state index in [0.717, 1.165) is 0 Å². The Bertz CT molecular complexity index is 2160. The summed E-state index contributed by atoms with van der Waals surface area (Å²) in [6.07, 6.45) is 9.82. The van der Waals surface area contributed by atoms with Gasteiger partial charge in [0.2, 0.25) is 0 Å². The first-order valence-corrected chi connectivity index (χ1v) is 13.7. The lowest BCUT2D eigenvalue weighted by atomic mass is 9.44. The number of allylic oxidation sites excluding steroid dienone is 6. The summed E-state index contributed by atoms with van der Waals surface area (Å²) in [4.78, 5) is 0. The third-order valence-electron chi connectivity index (χ3n) is 10.7. The molecule has 6 aromatic rings. The predicted octanol–water partition coefficient (Wildman–Crippen LogP) is 8.13. The summed E-state index contributed by atoms with van der Waals surface area (Å²) in [5, 5.41) is 13.8. The van der Waals surface area contributed by atoms with Crippen molar-refractivity contribution in [3.63, 3.8) is 0 Å². The highest BCUT2D eigenvalue weighted by Crippen LogP contribution is 2.69. The maximum Gasteiger partial charge on any atom is 0.0321 e. The minimum absolute atomic E-state index is 0.168. The first-order valence-electron chi connectivity index (χ1n) is 13.7. The van der Waals surface area contributed by atoms with Crippen molar-refractivity contribution < 1.29 is 0 Å². The smallest absolute Gasteiger partial charge is 0.0321 e. The van der Waals surface area contributed by atoms with E-state index in [1.807, 2.05) is 0 Å². The van der Waals surface area contributed by atoms with Crippen LogP contribution in [0.25, 0.3) is 65.4 Å². The number of hydrogen-bond donors (Lipinski definition) is 0. The SMILES string of the molecule is CC12C3=CC=C4c5ccc6cccc7ccc(c5c67)=C(C=CC1=c1ccc5cccc6ccc3c1c65)C42C. The average Bonchev–Trinajstić information content (AvgIpc) is 2.94. The molecule has 0 N–H and O–H groups in total. The molecule has 2 atom stereocenters. The Morgan fingerprint density at radius 1 is 0.421 bits per heavy atom. The maximum atomic E-state index is 2.52. The van der Waals surface area contributed by atoms with Crippen molar-refractivity contribution in [3.8, 4) is 0 Å². The fourth-order valence-electron chi connectivity index (χ4n) is 8.87. The van der Waals surface area contributed by atoms with Crippen LogP contribution in [0.1, 0.15) is 25.0 Å². The molecule has 0 heteroatoms. The van der Waals surface area contributed by atoms with Gasteiger partial charge in [-0.2, -0.15) is 0 Å². The molecule has 0 saturated carbocycles. The summed E-state index contributed by atoms with van der Waals surface area (Å²) in [5.41, 5.74) is 8.29. The molecule has 38 heavy (non-hydrogen) atoms. The van der Waals surface area contributed by atoms with Crippen LogP contribution in [-0.4, -0.2) is 0 Å². The topological polar surface area (TPSA) is 0 Å². The second-order valence-electron chi connectivity index (χ2n) is 11.9. The largest absolute Gasteiger partial charge is 0.0610 e. The molecule has 0 amide bonds. The first kappa shape index (κ1) is 19.7. The quantitative estimate of drug-likeness (QED) is 0.206. The lowest BCUT2D eigenvalue weighted by Crippen LogP contribution is -2.50. The van der Waals surface area contributed by atoms with Gasteiger partial charge in [0.15, 0.2) is 0 Å². The van der Waals surface area contributed by atoms with Gasteiger partial charge in [0.1, 0.15) is 0 Å². The van der Waals surface area contributed by atoms with Gasteiger partial charge < -0.3 is 0 Å². The average molecular weight is 481 g/mol. The molecule has 2 unspecified atom stereocenters. The van der Waals surface area contributed by atoms with Crippen molar-refractivity contribution in [1.29, 1.82) is 0 Å². The van der Waals surface area contributed by atoms with Crippen molar-refractivity contribution in [2.24, 2.45) is 10.8 Å². The minimum atomic E-state index is -0.168. The Balaban J connectivity index is 1.48. The molecule has 0 aliphatic heterocycles. The zero-order valence-electron chi connectivity index (χ0n) is 21.4. The molecular formula is C38H24. The molecule has 0 radical (unpaired) electrons. The number of benzene rings is 6. The second kappa shape index (κ2) is 6.00. The van der Waals surface area contributed by atoms with Crippen molar-refractivity contribution in [2.45, 2.75) is 13.8 Å². The second-order valence-corrected chi connectivity index (χ2v) is 11.9. The van der Waals surface area contributed by atoms with Crippen molar-refractivity contribution in [3.05, 3.63) is 131 Å². The van der Waals surface area contributed by atoms with Crippen LogP contribution in [0.3, 0.4) is 0 Å². The predicted molar refractivity (Wildman–Crippen MR) is 161 cm³/mol.